The molecule has 0 aromatic heterocycles. The number of carbonyl (C=O) groups is 1. The Balaban J connectivity index is 3.02. The van der Waals surface area contributed by atoms with E-state index in [2.05, 4.69) is 0 Å². The van der Waals surface area contributed by atoms with Gasteiger partial charge in [0.15, 0.2) is 0 Å². The van der Waals surface area contributed by atoms with E-state index in [1.165, 1.54) is 6.07 Å². The number of rotatable bonds is 5. The highest BCUT2D eigenvalue weighted by atomic mass is 19.1. The molecule has 112 valence electrons. The van der Waals surface area contributed by atoms with E-state index in [4.69, 9.17) is 10.5 Å². The van der Waals surface area contributed by atoms with E-state index in [-0.39, 0.29) is 17.7 Å². The molecule has 0 aliphatic heterocycles. The third kappa shape index (κ3) is 4.04. The van der Waals surface area contributed by atoms with E-state index < -0.39 is 18.1 Å². The molecule has 0 unspecified atom stereocenters. The number of benzene rings is 1. The molecule has 3 nitrogen and oxygen atoms in total. The van der Waals surface area contributed by atoms with Crippen LogP contribution in [0.5, 0.6) is 0 Å². The fourth-order valence-electron chi connectivity index (χ4n) is 2.42. The molecule has 1 rings (SSSR count). The summed E-state index contributed by atoms with van der Waals surface area (Å²) in [6.07, 6.45) is -0.425. The lowest BCUT2D eigenvalue weighted by Gasteiger charge is -2.28. The predicted molar refractivity (Wildman–Crippen MR) is 77.9 cm³/mol. The summed E-state index contributed by atoms with van der Waals surface area (Å²) in [5.41, 5.74) is 6.95. The van der Waals surface area contributed by atoms with Crippen LogP contribution in [0.25, 0.3) is 0 Å². The molecule has 0 aliphatic carbocycles. The highest BCUT2D eigenvalue weighted by Gasteiger charge is 2.28. The van der Waals surface area contributed by atoms with Crippen LogP contribution in [0, 0.1) is 18.7 Å². The standard InChI is InChI=1S/C16H24FNO2/c1-9(2)15(12(5)20-16(19)11(4)18)13-7-6-10(3)8-14(13)17/h6-9,11-12,15H,18H2,1-5H3/t11-,12-,15+/m0/s1. The molecule has 0 bridgehead atoms. The van der Waals surface area contributed by atoms with Gasteiger partial charge in [-0.1, -0.05) is 26.0 Å². The van der Waals surface area contributed by atoms with Gasteiger partial charge in [0.1, 0.15) is 18.0 Å². The van der Waals surface area contributed by atoms with E-state index in [0.29, 0.717) is 5.56 Å². The largest absolute Gasteiger partial charge is 0.461 e. The zero-order valence-electron chi connectivity index (χ0n) is 12.8. The van der Waals surface area contributed by atoms with Crippen molar-refractivity contribution in [2.24, 2.45) is 11.7 Å². The molecule has 2 N–H and O–H groups in total. The molecule has 4 heteroatoms. The molecule has 20 heavy (non-hydrogen) atoms. The average Bonchev–Trinajstić information content (AvgIpc) is 2.31. The molecule has 0 radical (unpaired) electrons. The van der Waals surface area contributed by atoms with E-state index in [1.807, 2.05) is 26.8 Å². The van der Waals surface area contributed by atoms with Crippen LogP contribution in [-0.4, -0.2) is 18.1 Å². The van der Waals surface area contributed by atoms with Crippen LogP contribution < -0.4 is 5.73 Å². The van der Waals surface area contributed by atoms with Gasteiger partial charge >= 0.3 is 5.97 Å². The van der Waals surface area contributed by atoms with E-state index >= 15 is 0 Å². The zero-order valence-corrected chi connectivity index (χ0v) is 12.8. The van der Waals surface area contributed by atoms with Crippen LogP contribution in [0.4, 0.5) is 4.39 Å². The van der Waals surface area contributed by atoms with Gasteiger partial charge in [0, 0.05) is 5.92 Å². The zero-order chi connectivity index (χ0) is 15.4. The molecule has 0 fully saturated rings. The summed E-state index contributed by atoms with van der Waals surface area (Å²) in [6, 6.07) is 4.47. The number of hydrogen-bond acceptors (Lipinski definition) is 3. The fourth-order valence-corrected chi connectivity index (χ4v) is 2.42. The number of esters is 1. The Kier molecular flexibility index (Phi) is 5.69. The van der Waals surface area contributed by atoms with Crippen molar-refractivity contribution < 1.29 is 13.9 Å². The molecule has 0 spiro atoms. The van der Waals surface area contributed by atoms with Crippen LogP contribution in [0.15, 0.2) is 18.2 Å². The molecule has 0 heterocycles. The first-order valence-electron chi connectivity index (χ1n) is 6.96. The molecular formula is C16H24FNO2. The van der Waals surface area contributed by atoms with Gasteiger partial charge in [0.05, 0.1) is 0 Å². The molecule has 0 amide bonds. The number of nitrogens with two attached hydrogens (primary N) is 1. The summed E-state index contributed by atoms with van der Waals surface area (Å²) in [7, 11) is 0. The van der Waals surface area contributed by atoms with Gasteiger partial charge in [0.25, 0.3) is 0 Å². The first-order chi connectivity index (χ1) is 9.23. The second-order valence-corrected chi connectivity index (χ2v) is 5.73. The summed E-state index contributed by atoms with van der Waals surface area (Å²) in [5.74, 6) is -0.774. The Morgan fingerprint density at radius 1 is 1.25 bits per heavy atom. The quantitative estimate of drug-likeness (QED) is 0.843. The Morgan fingerprint density at radius 2 is 1.85 bits per heavy atom. The van der Waals surface area contributed by atoms with Gasteiger partial charge in [-0.15, -0.1) is 0 Å². The highest BCUT2D eigenvalue weighted by Crippen LogP contribution is 2.32. The van der Waals surface area contributed by atoms with Crippen molar-refractivity contribution in [3.05, 3.63) is 35.1 Å². The molecule has 0 saturated carbocycles. The van der Waals surface area contributed by atoms with Gasteiger partial charge < -0.3 is 10.5 Å². The maximum absolute atomic E-state index is 14.2. The number of halogens is 1. The van der Waals surface area contributed by atoms with Crippen molar-refractivity contribution in [2.45, 2.75) is 52.7 Å². The van der Waals surface area contributed by atoms with E-state index in [0.717, 1.165) is 5.56 Å². The van der Waals surface area contributed by atoms with Crippen LogP contribution in [0.1, 0.15) is 44.7 Å². The van der Waals surface area contributed by atoms with Crippen molar-refractivity contribution in [3.63, 3.8) is 0 Å². The highest BCUT2D eigenvalue weighted by molar-refractivity contribution is 5.75. The number of hydrogen-bond donors (Lipinski definition) is 1. The maximum atomic E-state index is 14.2. The number of carbonyl (C=O) groups excluding carboxylic acids is 1. The van der Waals surface area contributed by atoms with E-state index in [9.17, 15) is 9.18 Å². The molecule has 1 aromatic rings. The Bertz CT molecular complexity index is 472. The molecule has 0 aliphatic rings. The first-order valence-corrected chi connectivity index (χ1v) is 6.96. The maximum Gasteiger partial charge on any atom is 0.322 e. The lowest BCUT2D eigenvalue weighted by atomic mass is 9.83. The van der Waals surface area contributed by atoms with Gasteiger partial charge in [0.2, 0.25) is 0 Å². The summed E-state index contributed by atoms with van der Waals surface area (Å²) in [4.78, 5) is 11.6. The summed E-state index contributed by atoms with van der Waals surface area (Å²) in [6.45, 7) is 9.17. The minimum atomic E-state index is -0.673. The van der Waals surface area contributed by atoms with Crippen LogP contribution in [0.3, 0.4) is 0 Å². The predicted octanol–water partition coefficient (Wildman–Crippen LogP) is 3.15. The van der Waals surface area contributed by atoms with Crippen molar-refractivity contribution in [3.8, 4) is 0 Å². The average molecular weight is 281 g/mol. The van der Waals surface area contributed by atoms with Crippen LogP contribution in [0.2, 0.25) is 0 Å². The van der Waals surface area contributed by atoms with Crippen molar-refractivity contribution >= 4 is 5.97 Å². The van der Waals surface area contributed by atoms with Crippen molar-refractivity contribution in [1.29, 1.82) is 0 Å². The monoisotopic (exact) mass is 281 g/mol. The van der Waals surface area contributed by atoms with Crippen LogP contribution >= 0.6 is 0 Å². The number of aryl methyl sites for hydroxylation is 1. The van der Waals surface area contributed by atoms with Gasteiger partial charge in [-0.2, -0.15) is 0 Å². The lowest BCUT2D eigenvalue weighted by molar-refractivity contribution is -0.151. The molecule has 3 atom stereocenters. The smallest absolute Gasteiger partial charge is 0.322 e. The van der Waals surface area contributed by atoms with Gasteiger partial charge in [-0.05, 0) is 43.9 Å². The second-order valence-electron chi connectivity index (χ2n) is 5.73. The number of ether oxygens (including phenoxy) is 1. The van der Waals surface area contributed by atoms with E-state index in [1.54, 1.807) is 19.9 Å². The third-order valence-electron chi connectivity index (χ3n) is 3.41. The van der Waals surface area contributed by atoms with Gasteiger partial charge in [-0.3, -0.25) is 4.79 Å². The molecular weight excluding hydrogens is 257 g/mol. The Labute approximate surface area is 120 Å². The third-order valence-corrected chi connectivity index (χ3v) is 3.41. The topological polar surface area (TPSA) is 52.3 Å². The minimum absolute atomic E-state index is 0.142. The van der Waals surface area contributed by atoms with Crippen molar-refractivity contribution in [2.75, 3.05) is 0 Å². The Morgan fingerprint density at radius 3 is 2.30 bits per heavy atom. The molecule has 1 aromatic carbocycles. The summed E-state index contributed by atoms with van der Waals surface area (Å²) >= 11 is 0. The van der Waals surface area contributed by atoms with Gasteiger partial charge in [-0.25, -0.2) is 4.39 Å². The second kappa shape index (κ2) is 6.84. The van der Waals surface area contributed by atoms with Crippen molar-refractivity contribution in [1.82, 2.24) is 0 Å². The SMILES string of the molecule is Cc1ccc([C@H](C(C)C)[C@H](C)OC(=O)[C@H](C)N)c(F)c1. The Hall–Kier alpha value is -1.42. The fraction of sp³-hybridized carbons (Fsp3) is 0.562. The minimum Gasteiger partial charge on any atom is -0.461 e. The van der Waals surface area contributed by atoms with Crippen LogP contribution in [-0.2, 0) is 9.53 Å². The normalized spacial score (nSPS) is 15.8. The summed E-state index contributed by atoms with van der Waals surface area (Å²) in [5, 5.41) is 0. The lowest BCUT2D eigenvalue weighted by Crippen LogP contribution is -2.34. The summed E-state index contributed by atoms with van der Waals surface area (Å²) < 4.78 is 19.5. The first kappa shape index (κ1) is 16.6. The molecule has 0 saturated heterocycles.